The first-order chi connectivity index (χ1) is 8.43. The summed E-state index contributed by atoms with van der Waals surface area (Å²) in [7, 11) is 0. The maximum absolute atomic E-state index is 12.1. The molecule has 0 saturated carbocycles. The number of rotatable bonds is 6. The molecule has 0 unspecified atom stereocenters. The van der Waals surface area contributed by atoms with Gasteiger partial charge < -0.3 is 10.0 Å². The number of hydrogen-bond donors (Lipinski definition) is 2. The molecule has 0 aliphatic heterocycles. The van der Waals surface area contributed by atoms with Crippen molar-refractivity contribution in [1.82, 2.24) is 20.1 Å². The minimum absolute atomic E-state index is 0.0220. The Morgan fingerprint density at radius 2 is 2.11 bits per heavy atom. The van der Waals surface area contributed by atoms with Crippen LogP contribution in [-0.4, -0.2) is 50.2 Å². The van der Waals surface area contributed by atoms with Gasteiger partial charge in [0.15, 0.2) is 0 Å². The van der Waals surface area contributed by atoms with Gasteiger partial charge in [0.05, 0.1) is 0 Å². The van der Waals surface area contributed by atoms with Crippen molar-refractivity contribution in [3.05, 3.63) is 11.6 Å². The van der Waals surface area contributed by atoms with E-state index in [1.807, 2.05) is 20.8 Å². The lowest BCUT2D eigenvalue weighted by molar-refractivity contribution is -0.137. The topological polar surface area (TPSA) is 99.2 Å². The molecule has 1 heterocycles. The summed E-state index contributed by atoms with van der Waals surface area (Å²) in [6.07, 6.45) is 0.642. The number of aliphatic carboxylic acids is 1. The van der Waals surface area contributed by atoms with Gasteiger partial charge in [0, 0.05) is 13.0 Å². The quantitative estimate of drug-likeness (QED) is 0.772. The standard InChI is InChI=1S/C11H18N4O3/c1-4-8-12-10(14-13-8)11(18)15(5-7(2)3)6-9(16)17/h7H,4-6H2,1-3H3,(H,16,17)(H,12,13,14). The highest BCUT2D eigenvalue weighted by atomic mass is 16.4. The Labute approximate surface area is 105 Å². The van der Waals surface area contributed by atoms with E-state index in [1.165, 1.54) is 4.90 Å². The highest BCUT2D eigenvalue weighted by Gasteiger charge is 2.22. The van der Waals surface area contributed by atoms with E-state index in [2.05, 4.69) is 15.2 Å². The zero-order chi connectivity index (χ0) is 13.7. The van der Waals surface area contributed by atoms with E-state index >= 15 is 0 Å². The Bertz CT molecular complexity index is 428. The number of carbonyl (C=O) groups excluding carboxylic acids is 1. The number of H-pyrrole nitrogens is 1. The Kier molecular flexibility index (Phi) is 4.82. The van der Waals surface area contributed by atoms with E-state index in [9.17, 15) is 9.59 Å². The van der Waals surface area contributed by atoms with E-state index in [1.54, 1.807) is 0 Å². The van der Waals surface area contributed by atoms with Crippen LogP contribution in [0.25, 0.3) is 0 Å². The van der Waals surface area contributed by atoms with Crippen LogP contribution in [0.3, 0.4) is 0 Å². The van der Waals surface area contributed by atoms with Crippen LogP contribution >= 0.6 is 0 Å². The normalized spacial score (nSPS) is 10.7. The molecule has 0 spiro atoms. The van der Waals surface area contributed by atoms with Crippen LogP contribution in [0.4, 0.5) is 0 Å². The maximum atomic E-state index is 12.1. The Hall–Kier alpha value is -1.92. The van der Waals surface area contributed by atoms with E-state index in [4.69, 9.17) is 5.11 Å². The molecule has 0 aliphatic carbocycles. The predicted molar refractivity (Wildman–Crippen MR) is 64.1 cm³/mol. The fourth-order valence-corrected chi connectivity index (χ4v) is 1.51. The second-order valence-corrected chi connectivity index (χ2v) is 4.43. The van der Waals surface area contributed by atoms with Gasteiger partial charge in [-0.2, -0.15) is 0 Å². The number of nitrogens with zero attached hydrogens (tertiary/aromatic N) is 3. The first-order valence-corrected chi connectivity index (χ1v) is 5.86. The van der Waals surface area contributed by atoms with Gasteiger partial charge in [0.25, 0.3) is 5.91 Å². The number of carboxylic acid groups (broad SMARTS) is 1. The van der Waals surface area contributed by atoms with Crippen molar-refractivity contribution in [3.63, 3.8) is 0 Å². The summed E-state index contributed by atoms with van der Waals surface area (Å²) in [5.74, 6) is -0.692. The van der Waals surface area contributed by atoms with Crippen LogP contribution in [0.1, 0.15) is 37.2 Å². The Balaban J connectivity index is 2.83. The van der Waals surface area contributed by atoms with Gasteiger partial charge in [0.1, 0.15) is 12.4 Å². The number of carbonyl (C=O) groups is 2. The van der Waals surface area contributed by atoms with Gasteiger partial charge >= 0.3 is 5.97 Å². The largest absolute Gasteiger partial charge is 0.480 e. The number of carboxylic acids is 1. The number of hydrogen-bond acceptors (Lipinski definition) is 4. The number of aromatic amines is 1. The first kappa shape index (κ1) is 14.1. The summed E-state index contributed by atoms with van der Waals surface area (Å²) in [4.78, 5) is 28.1. The molecule has 1 amide bonds. The summed E-state index contributed by atoms with van der Waals surface area (Å²) >= 11 is 0. The second kappa shape index (κ2) is 6.13. The average molecular weight is 254 g/mol. The molecule has 1 aromatic heterocycles. The van der Waals surface area contributed by atoms with E-state index in [0.717, 1.165) is 0 Å². The summed E-state index contributed by atoms with van der Waals surface area (Å²) in [6, 6.07) is 0. The van der Waals surface area contributed by atoms with Crippen molar-refractivity contribution in [3.8, 4) is 0 Å². The monoisotopic (exact) mass is 254 g/mol. The van der Waals surface area contributed by atoms with E-state index < -0.39 is 11.9 Å². The van der Waals surface area contributed by atoms with Crippen molar-refractivity contribution in [2.45, 2.75) is 27.2 Å². The summed E-state index contributed by atoms with van der Waals surface area (Å²) in [6.45, 7) is 5.74. The molecule has 7 heteroatoms. The summed E-state index contributed by atoms with van der Waals surface area (Å²) in [5.41, 5.74) is 0. The maximum Gasteiger partial charge on any atom is 0.323 e. The van der Waals surface area contributed by atoms with Crippen molar-refractivity contribution in [1.29, 1.82) is 0 Å². The van der Waals surface area contributed by atoms with Crippen LogP contribution < -0.4 is 0 Å². The van der Waals surface area contributed by atoms with Gasteiger partial charge in [-0.1, -0.05) is 20.8 Å². The molecule has 0 fully saturated rings. The third kappa shape index (κ3) is 3.83. The number of nitrogens with one attached hydrogen (secondary N) is 1. The number of aromatic nitrogens is 3. The lowest BCUT2D eigenvalue weighted by Gasteiger charge is -2.21. The molecule has 18 heavy (non-hydrogen) atoms. The smallest absolute Gasteiger partial charge is 0.323 e. The molecular formula is C11H18N4O3. The second-order valence-electron chi connectivity index (χ2n) is 4.43. The van der Waals surface area contributed by atoms with Gasteiger partial charge in [-0.3, -0.25) is 14.7 Å². The zero-order valence-electron chi connectivity index (χ0n) is 10.8. The lowest BCUT2D eigenvalue weighted by atomic mass is 10.2. The highest BCUT2D eigenvalue weighted by molar-refractivity contribution is 5.92. The molecule has 2 N–H and O–H groups in total. The molecule has 0 bridgehead atoms. The van der Waals surface area contributed by atoms with Crippen molar-refractivity contribution in [2.75, 3.05) is 13.1 Å². The van der Waals surface area contributed by atoms with E-state index in [-0.39, 0.29) is 18.3 Å². The number of aryl methyl sites for hydroxylation is 1. The van der Waals surface area contributed by atoms with Gasteiger partial charge in [-0.25, -0.2) is 4.98 Å². The highest BCUT2D eigenvalue weighted by Crippen LogP contribution is 2.04. The zero-order valence-corrected chi connectivity index (χ0v) is 10.8. The van der Waals surface area contributed by atoms with Crippen molar-refractivity contribution < 1.29 is 14.7 Å². The fourth-order valence-electron chi connectivity index (χ4n) is 1.51. The molecule has 1 rings (SSSR count). The molecule has 0 saturated heterocycles. The first-order valence-electron chi connectivity index (χ1n) is 5.86. The minimum atomic E-state index is -1.05. The molecule has 0 radical (unpaired) electrons. The van der Waals surface area contributed by atoms with Crippen LogP contribution in [0.2, 0.25) is 0 Å². The molecule has 1 aromatic rings. The Morgan fingerprint density at radius 1 is 1.44 bits per heavy atom. The van der Waals surface area contributed by atoms with Gasteiger partial charge in [-0.15, -0.1) is 5.10 Å². The van der Waals surface area contributed by atoms with Crippen LogP contribution in [0.5, 0.6) is 0 Å². The van der Waals surface area contributed by atoms with Crippen LogP contribution in [0, 0.1) is 5.92 Å². The van der Waals surface area contributed by atoms with Crippen LogP contribution in [-0.2, 0) is 11.2 Å². The Morgan fingerprint density at radius 3 is 2.56 bits per heavy atom. The average Bonchev–Trinajstić information content (AvgIpc) is 2.74. The van der Waals surface area contributed by atoms with Crippen molar-refractivity contribution >= 4 is 11.9 Å². The summed E-state index contributed by atoms with van der Waals surface area (Å²) in [5, 5.41) is 15.2. The minimum Gasteiger partial charge on any atom is -0.480 e. The van der Waals surface area contributed by atoms with Gasteiger partial charge in [0.2, 0.25) is 5.82 Å². The summed E-state index contributed by atoms with van der Waals surface area (Å²) < 4.78 is 0. The fraction of sp³-hybridized carbons (Fsp3) is 0.636. The predicted octanol–water partition coefficient (Wildman–Crippen LogP) is 0.550. The van der Waals surface area contributed by atoms with Gasteiger partial charge in [-0.05, 0) is 5.92 Å². The molecule has 0 atom stereocenters. The molecule has 0 aromatic carbocycles. The number of amides is 1. The third-order valence-electron chi connectivity index (χ3n) is 2.26. The molecule has 7 nitrogen and oxygen atoms in total. The third-order valence-corrected chi connectivity index (χ3v) is 2.26. The van der Waals surface area contributed by atoms with E-state index in [0.29, 0.717) is 18.8 Å². The molecular weight excluding hydrogens is 236 g/mol. The molecule has 0 aliphatic rings. The lowest BCUT2D eigenvalue weighted by Crippen LogP contribution is -2.38. The molecule has 100 valence electrons. The van der Waals surface area contributed by atoms with Crippen molar-refractivity contribution in [2.24, 2.45) is 5.92 Å². The SMILES string of the molecule is CCc1nc(C(=O)N(CC(=O)O)CC(C)C)n[nH]1. The van der Waals surface area contributed by atoms with Crippen LogP contribution in [0.15, 0.2) is 0 Å².